The SMILES string of the molecule is C[C@@H]1CN(CCC(=O)NCCc2nc(-c3ccncc3)n[nH]2)Cc2ccccc2O1. The van der Waals surface area contributed by atoms with Crippen LogP contribution in [-0.4, -0.2) is 56.7 Å². The van der Waals surface area contributed by atoms with Gasteiger partial charge in [-0.15, -0.1) is 0 Å². The molecule has 0 spiro atoms. The number of aromatic amines is 1. The van der Waals surface area contributed by atoms with Crippen LogP contribution in [0.1, 0.15) is 24.7 Å². The highest BCUT2D eigenvalue weighted by molar-refractivity contribution is 5.76. The maximum atomic E-state index is 12.3. The molecule has 0 saturated carbocycles. The molecule has 0 unspecified atom stereocenters. The number of H-pyrrole nitrogens is 1. The number of aromatic nitrogens is 4. The van der Waals surface area contributed by atoms with E-state index in [0.29, 0.717) is 31.8 Å². The van der Waals surface area contributed by atoms with E-state index in [1.54, 1.807) is 12.4 Å². The van der Waals surface area contributed by atoms with Crippen molar-refractivity contribution in [1.29, 1.82) is 0 Å². The molecule has 1 amide bonds. The molecule has 2 aromatic heterocycles. The molecular formula is C22H26N6O2. The molecule has 1 atom stereocenters. The Balaban J connectivity index is 1.22. The molecule has 8 nitrogen and oxygen atoms in total. The van der Waals surface area contributed by atoms with Crippen LogP contribution < -0.4 is 10.1 Å². The smallest absolute Gasteiger partial charge is 0.221 e. The number of hydrogen-bond donors (Lipinski definition) is 2. The van der Waals surface area contributed by atoms with Gasteiger partial charge in [0, 0.05) is 62.5 Å². The number of benzene rings is 1. The summed E-state index contributed by atoms with van der Waals surface area (Å²) in [5.74, 6) is 2.36. The maximum absolute atomic E-state index is 12.3. The van der Waals surface area contributed by atoms with Crippen LogP contribution in [-0.2, 0) is 17.8 Å². The third kappa shape index (κ3) is 5.21. The Hall–Kier alpha value is -3.26. The van der Waals surface area contributed by atoms with E-state index in [1.807, 2.05) is 30.3 Å². The first-order valence-electron chi connectivity index (χ1n) is 10.2. The van der Waals surface area contributed by atoms with E-state index in [0.717, 1.165) is 35.8 Å². The zero-order valence-electron chi connectivity index (χ0n) is 17.0. The molecule has 30 heavy (non-hydrogen) atoms. The van der Waals surface area contributed by atoms with E-state index in [-0.39, 0.29) is 12.0 Å². The Kier molecular flexibility index (Phi) is 6.34. The second kappa shape index (κ2) is 9.49. The van der Waals surface area contributed by atoms with E-state index in [4.69, 9.17) is 4.74 Å². The lowest BCUT2D eigenvalue weighted by Gasteiger charge is -2.21. The van der Waals surface area contributed by atoms with Gasteiger partial charge in [-0.2, -0.15) is 5.10 Å². The molecule has 2 N–H and O–H groups in total. The molecule has 8 heteroatoms. The van der Waals surface area contributed by atoms with Crippen LogP contribution in [0.25, 0.3) is 11.4 Å². The van der Waals surface area contributed by atoms with Crippen LogP contribution in [0.4, 0.5) is 0 Å². The lowest BCUT2D eigenvalue weighted by Crippen LogP contribution is -2.35. The number of nitrogens with one attached hydrogen (secondary N) is 2. The maximum Gasteiger partial charge on any atom is 0.221 e. The standard InChI is InChI=1S/C22H26N6O2/c1-16-14-28(15-18-4-2-3-5-19(18)30-16)13-9-21(29)24-12-8-20-25-22(27-26-20)17-6-10-23-11-7-17/h2-7,10-11,16H,8-9,12-15H2,1H3,(H,24,29)(H,25,26,27)/t16-/m1/s1. The number of carbonyl (C=O) groups excluding carboxylic acids is 1. The highest BCUT2D eigenvalue weighted by Crippen LogP contribution is 2.24. The molecular weight excluding hydrogens is 380 g/mol. The van der Waals surface area contributed by atoms with Crippen molar-refractivity contribution in [2.24, 2.45) is 0 Å². The number of hydrogen-bond acceptors (Lipinski definition) is 6. The van der Waals surface area contributed by atoms with Crippen molar-refractivity contribution < 1.29 is 9.53 Å². The van der Waals surface area contributed by atoms with Gasteiger partial charge in [0.25, 0.3) is 0 Å². The fraction of sp³-hybridized carbons (Fsp3) is 0.364. The summed E-state index contributed by atoms with van der Waals surface area (Å²) in [7, 11) is 0. The van der Waals surface area contributed by atoms with Gasteiger partial charge in [-0.3, -0.25) is 19.8 Å². The minimum Gasteiger partial charge on any atom is -0.489 e. The van der Waals surface area contributed by atoms with Crippen molar-refractivity contribution in [3.8, 4) is 17.1 Å². The summed E-state index contributed by atoms with van der Waals surface area (Å²) in [6, 6.07) is 11.8. The summed E-state index contributed by atoms with van der Waals surface area (Å²) in [6.07, 6.45) is 4.57. The molecule has 0 bridgehead atoms. The number of para-hydroxylation sites is 1. The molecule has 0 aliphatic carbocycles. The molecule has 3 aromatic rings. The second-order valence-electron chi connectivity index (χ2n) is 7.46. The van der Waals surface area contributed by atoms with Gasteiger partial charge in [0.1, 0.15) is 17.7 Å². The fourth-order valence-electron chi connectivity index (χ4n) is 3.55. The van der Waals surface area contributed by atoms with Crippen molar-refractivity contribution in [3.63, 3.8) is 0 Å². The quantitative estimate of drug-likeness (QED) is 0.625. The van der Waals surface area contributed by atoms with Gasteiger partial charge in [-0.25, -0.2) is 4.98 Å². The summed E-state index contributed by atoms with van der Waals surface area (Å²) in [6.45, 7) is 4.88. The number of amides is 1. The van der Waals surface area contributed by atoms with Crippen LogP contribution >= 0.6 is 0 Å². The summed E-state index contributed by atoms with van der Waals surface area (Å²) in [5.41, 5.74) is 2.08. The third-order valence-electron chi connectivity index (χ3n) is 5.02. The normalized spacial score (nSPS) is 16.4. The van der Waals surface area contributed by atoms with Crippen molar-refractivity contribution in [3.05, 3.63) is 60.2 Å². The van der Waals surface area contributed by atoms with Crippen LogP contribution in [0, 0.1) is 0 Å². The van der Waals surface area contributed by atoms with Crippen molar-refractivity contribution in [1.82, 2.24) is 30.4 Å². The molecule has 156 valence electrons. The minimum absolute atomic E-state index is 0.0370. The predicted octanol–water partition coefficient (Wildman–Crippen LogP) is 2.20. The van der Waals surface area contributed by atoms with E-state index in [1.165, 1.54) is 0 Å². The van der Waals surface area contributed by atoms with Gasteiger partial charge in [-0.05, 0) is 25.1 Å². The van der Waals surface area contributed by atoms with Gasteiger partial charge < -0.3 is 10.1 Å². The zero-order valence-corrected chi connectivity index (χ0v) is 17.0. The first-order valence-corrected chi connectivity index (χ1v) is 10.2. The van der Waals surface area contributed by atoms with E-state index in [2.05, 4.69) is 43.4 Å². The van der Waals surface area contributed by atoms with Crippen LogP contribution in [0.2, 0.25) is 0 Å². The Morgan fingerprint density at radius 3 is 2.97 bits per heavy atom. The second-order valence-corrected chi connectivity index (χ2v) is 7.46. The number of carbonyl (C=O) groups is 1. The predicted molar refractivity (Wildman–Crippen MR) is 113 cm³/mol. The number of ether oxygens (including phenoxy) is 1. The number of fused-ring (bicyclic) bond motifs is 1. The summed E-state index contributed by atoms with van der Waals surface area (Å²) in [4.78, 5) is 23.0. The Labute approximate surface area is 175 Å². The molecule has 1 aliphatic rings. The highest BCUT2D eigenvalue weighted by atomic mass is 16.5. The molecule has 0 fully saturated rings. The highest BCUT2D eigenvalue weighted by Gasteiger charge is 2.20. The third-order valence-corrected chi connectivity index (χ3v) is 5.02. The molecule has 0 radical (unpaired) electrons. The fourth-order valence-corrected chi connectivity index (χ4v) is 3.55. The first-order chi connectivity index (χ1) is 14.7. The lowest BCUT2D eigenvalue weighted by atomic mass is 10.2. The van der Waals surface area contributed by atoms with Gasteiger partial charge in [0.2, 0.25) is 5.91 Å². The average Bonchev–Trinajstić information content (AvgIpc) is 3.16. The monoisotopic (exact) mass is 406 g/mol. The molecule has 1 aromatic carbocycles. The average molecular weight is 406 g/mol. The number of rotatable bonds is 7. The Bertz CT molecular complexity index is 975. The van der Waals surface area contributed by atoms with E-state index < -0.39 is 0 Å². The van der Waals surface area contributed by atoms with Crippen LogP contribution in [0.3, 0.4) is 0 Å². The van der Waals surface area contributed by atoms with Crippen LogP contribution in [0.5, 0.6) is 5.75 Å². The van der Waals surface area contributed by atoms with Gasteiger partial charge in [0.15, 0.2) is 5.82 Å². The minimum atomic E-state index is 0.0370. The van der Waals surface area contributed by atoms with Crippen molar-refractivity contribution in [2.45, 2.75) is 32.4 Å². The number of nitrogens with zero attached hydrogens (tertiary/aromatic N) is 4. The van der Waals surface area contributed by atoms with E-state index >= 15 is 0 Å². The molecule has 1 aliphatic heterocycles. The summed E-state index contributed by atoms with van der Waals surface area (Å²) >= 11 is 0. The number of pyridine rings is 1. The first kappa shape index (κ1) is 20.0. The topological polar surface area (TPSA) is 96.0 Å². The van der Waals surface area contributed by atoms with Crippen molar-refractivity contribution in [2.75, 3.05) is 19.6 Å². The summed E-state index contributed by atoms with van der Waals surface area (Å²) < 4.78 is 5.98. The summed E-state index contributed by atoms with van der Waals surface area (Å²) in [5, 5.41) is 10.1. The van der Waals surface area contributed by atoms with Gasteiger partial charge in [0.05, 0.1) is 0 Å². The Morgan fingerprint density at radius 1 is 1.27 bits per heavy atom. The largest absolute Gasteiger partial charge is 0.489 e. The van der Waals surface area contributed by atoms with Crippen LogP contribution in [0.15, 0.2) is 48.8 Å². The zero-order chi connectivity index (χ0) is 20.8. The van der Waals surface area contributed by atoms with Gasteiger partial charge in [-0.1, -0.05) is 18.2 Å². The molecule has 4 rings (SSSR count). The molecule has 3 heterocycles. The molecule has 0 saturated heterocycles. The van der Waals surface area contributed by atoms with Crippen molar-refractivity contribution >= 4 is 5.91 Å². The van der Waals surface area contributed by atoms with Gasteiger partial charge >= 0.3 is 0 Å². The van der Waals surface area contributed by atoms with E-state index in [9.17, 15) is 4.79 Å². The lowest BCUT2D eigenvalue weighted by molar-refractivity contribution is -0.121. The Morgan fingerprint density at radius 2 is 2.10 bits per heavy atom.